The van der Waals surface area contributed by atoms with E-state index in [1.165, 1.54) is 12.3 Å². The maximum Gasteiger partial charge on any atom is 0.267 e. The number of pyridine rings is 1. The van der Waals surface area contributed by atoms with Crippen molar-refractivity contribution in [2.45, 2.75) is 13.0 Å². The summed E-state index contributed by atoms with van der Waals surface area (Å²) in [6, 6.07) is 10.2. The fourth-order valence-electron chi connectivity index (χ4n) is 1.63. The van der Waals surface area contributed by atoms with Gasteiger partial charge in [0.1, 0.15) is 11.4 Å². The Hall–Kier alpha value is -2.41. The predicted molar refractivity (Wildman–Crippen MR) is 85.6 cm³/mol. The maximum atomic E-state index is 12.0. The lowest BCUT2D eigenvalue weighted by atomic mass is 10.3. The third kappa shape index (κ3) is 4.29. The maximum absolute atomic E-state index is 12.0. The molecule has 114 valence electrons. The molecule has 1 atom stereocenters. The van der Waals surface area contributed by atoms with Crippen LogP contribution in [0.1, 0.15) is 17.4 Å². The minimum Gasteiger partial charge on any atom is -0.481 e. The largest absolute Gasteiger partial charge is 0.481 e. The number of halogens is 1. The number of carbonyl (C=O) groups is 2. The van der Waals surface area contributed by atoms with Gasteiger partial charge in [0.05, 0.1) is 11.9 Å². The highest BCUT2D eigenvalue weighted by molar-refractivity contribution is 9.10. The van der Waals surface area contributed by atoms with Crippen LogP contribution in [0.25, 0.3) is 0 Å². The Bertz CT molecular complexity index is 671. The summed E-state index contributed by atoms with van der Waals surface area (Å²) in [5.41, 5.74) is 5.69. The van der Waals surface area contributed by atoms with Crippen molar-refractivity contribution in [3.63, 3.8) is 0 Å². The van der Waals surface area contributed by atoms with Crippen LogP contribution in [0.4, 0.5) is 5.69 Å². The number of anilines is 1. The van der Waals surface area contributed by atoms with Gasteiger partial charge in [-0.3, -0.25) is 9.59 Å². The molecule has 1 aromatic heterocycles. The summed E-state index contributed by atoms with van der Waals surface area (Å²) in [6.45, 7) is 1.64. The lowest BCUT2D eigenvalue weighted by Gasteiger charge is -2.14. The summed E-state index contributed by atoms with van der Waals surface area (Å²) in [7, 11) is 0. The number of nitrogens with one attached hydrogen (secondary N) is 1. The van der Waals surface area contributed by atoms with E-state index in [-0.39, 0.29) is 11.6 Å². The molecule has 2 amide bonds. The molecule has 0 aliphatic rings. The summed E-state index contributed by atoms with van der Waals surface area (Å²) in [5.74, 6) is -0.352. The van der Waals surface area contributed by atoms with Gasteiger partial charge in [-0.25, -0.2) is 4.98 Å². The summed E-state index contributed by atoms with van der Waals surface area (Å²) in [4.78, 5) is 26.8. The lowest BCUT2D eigenvalue weighted by molar-refractivity contribution is -0.122. The third-order valence-electron chi connectivity index (χ3n) is 2.78. The number of nitrogens with zero attached hydrogens (tertiary/aromatic N) is 1. The highest BCUT2D eigenvalue weighted by Gasteiger charge is 2.15. The van der Waals surface area contributed by atoms with Crippen LogP contribution in [0.3, 0.4) is 0 Å². The number of rotatable bonds is 5. The molecule has 0 saturated carbocycles. The Kier molecular flexibility index (Phi) is 5.11. The molecule has 0 radical (unpaired) electrons. The summed E-state index contributed by atoms with van der Waals surface area (Å²) in [6.07, 6.45) is 0.682. The molecule has 3 N–H and O–H groups in total. The first-order valence-corrected chi connectivity index (χ1v) is 7.24. The minimum absolute atomic E-state index is 0.136. The average Bonchev–Trinajstić information content (AvgIpc) is 2.50. The molecule has 6 nitrogen and oxygen atoms in total. The van der Waals surface area contributed by atoms with Crippen molar-refractivity contribution in [3.05, 3.63) is 52.8 Å². The first kappa shape index (κ1) is 16.0. The first-order valence-electron chi connectivity index (χ1n) is 6.44. The number of benzene rings is 1. The fourth-order valence-corrected chi connectivity index (χ4v) is 1.89. The van der Waals surface area contributed by atoms with Crippen molar-refractivity contribution in [2.75, 3.05) is 5.32 Å². The molecule has 7 heteroatoms. The molecule has 0 aliphatic heterocycles. The van der Waals surface area contributed by atoms with Crippen LogP contribution in [-0.2, 0) is 4.79 Å². The second kappa shape index (κ2) is 7.04. The molecular weight excluding hydrogens is 350 g/mol. The highest BCUT2D eigenvalue weighted by Crippen LogP contribution is 2.17. The van der Waals surface area contributed by atoms with E-state index in [4.69, 9.17) is 10.5 Å². The zero-order valence-electron chi connectivity index (χ0n) is 11.7. The average molecular weight is 364 g/mol. The summed E-state index contributed by atoms with van der Waals surface area (Å²) >= 11 is 3.33. The first-order chi connectivity index (χ1) is 10.5. The van der Waals surface area contributed by atoms with Gasteiger partial charge in [-0.05, 0) is 43.3 Å². The summed E-state index contributed by atoms with van der Waals surface area (Å²) in [5, 5.41) is 2.65. The van der Waals surface area contributed by atoms with Gasteiger partial charge in [0.2, 0.25) is 0 Å². The molecule has 0 unspecified atom stereocenters. The molecule has 1 aromatic carbocycles. The van der Waals surface area contributed by atoms with Crippen LogP contribution < -0.4 is 15.8 Å². The van der Waals surface area contributed by atoms with E-state index in [0.29, 0.717) is 11.4 Å². The lowest BCUT2D eigenvalue weighted by Crippen LogP contribution is -2.30. The smallest absolute Gasteiger partial charge is 0.267 e. The molecule has 0 aliphatic carbocycles. The quantitative estimate of drug-likeness (QED) is 0.852. The van der Waals surface area contributed by atoms with Gasteiger partial charge < -0.3 is 15.8 Å². The minimum atomic E-state index is -0.683. The predicted octanol–water partition coefficient (Wildman–Crippen LogP) is 2.35. The Balaban J connectivity index is 1.95. The molecule has 0 fully saturated rings. The fraction of sp³-hybridized carbons (Fsp3) is 0.133. The standard InChI is InChI=1S/C15H14BrN3O3/c1-9(22-12-5-2-10(16)3-6-12)15(21)19-11-4-7-13(14(17)20)18-8-11/h2-9H,1H3,(H2,17,20)(H,19,21)/t9-/m0/s1. The van der Waals surface area contributed by atoms with E-state index in [1.54, 1.807) is 25.1 Å². The zero-order valence-corrected chi connectivity index (χ0v) is 13.3. The van der Waals surface area contributed by atoms with Gasteiger partial charge >= 0.3 is 0 Å². The van der Waals surface area contributed by atoms with E-state index in [2.05, 4.69) is 26.2 Å². The van der Waals surface area contributed by atoms with E-state index in [9.17, 15) is 9.59 Å². The number of carbonyl (C=O) groups excluding carboxylic acids is 2. The Morgan fingerprint density at radius 1 is 1.23 bits per heavy atom. The molecule has 22 heavy (non-hydrogen) atoms. The zero-order chi connectivity index (χ0) is 16.1. The number of nitrogens with two attached hydrogens (primary N) is 1. The number of hydrogen-bond donors (Lipinski definition) is 2. The molecule has 1 heterocycles. The highest BCUT2D eigenvalue weighted by atomic mass is 79.9. The topological polar surface area (TPSA) is 94.3 Å². The molecule has 0 bridgehead atoms. The molecule has 0 spiro atoms. The van der Waals surface area contributed by atoms with Gasteiger partial charge in [0.25, 0.3) is 11.8 Å². The molecule has 2 rings (SSSR count). The van der Waals surface area contributed by atoms with Gasteiger partial charge in [-0.15, -0.1) is 0 Å². The summed E-state index contributed by atoms with van der Waals surface area (Å²) < 4.78 is 6.47. The van der Waals surface area contributed by atoms with Crippen LogP contribution in [0.5, 0.6) is 5.75 Å². The van der Waals surface area contributed by atoms with Gasteiger partial charge in [0, 0.05) is 4.47 Å². The Morgan fingerprint density at radius 3 is 2.45 bits per heavy atom. The van der Waals surface area contributed by atoms with Crippen LogP contribution in [0.15, 0.2) is 47.1 Å². The van der Waals surface area contributed by atoms with Crippen LogP contribution in [0.2, 0.25) is 0 Å². The SMILES string of the molecule is C[C@H](Oc1ccc(Br)cc1)C(=O)Nc1ccc(C(N)=O)nc1. The molecular formula is C15H14BrN3O3. The number of primary amides is 1. The second-order valence-corrected chi connectivity index (χ2v) is 5.42. The van der Waals surface area contributed by atoms with E-state index < -0.39 is 12.0 Å². The van der Waals surface area contributed by atoms with Gasteiger partial charge in [-0.2, -0.15) is 0 Å². The molecule has 0 saturated heterocycles. The Morgan fingerprint density at radius 2 is 1.91 bits per heavy atom. The van der Waals surface area contributed by atoms with E-state index >= 15 is 0 Å². The van der Waals surface area contributed by atoms with Crippen LogP contribution in [0, 0.1) is 0 Å². The molecule has 2 aromatic rings. The Labute approximate surface area is 135 Å². The number of ether oxygens (including phenoxy) is 1. The monoisotopic (exact) mass is 363 g/mol. The number of amides is 2. The van der Waals surface area contributed by atoms with Crippen molar-refractivity contribution >= 4 is 33.4 Å². The van der Waals surface area contributed by atoms with Crippen molar-refractivity contribution in [2.24, 2.45) is 5.73 Å². The van der Waals surface area contributed by atoms with E-state index in [0.717, 1.165) is 4.47 Å². The van der Waals surface area contributed by atoms with Crippen molar-refractivity contribution in [1.82, 2.24) is 4.98 Å². The van der Waals surface area contributed by atoms with Crippen LogP contribution >= 0.6 is 15.9 Å². The number of hydrogen-bond acceptors (Lipinski definition) is 4. The van der Waals surface area contributed by atoms with E-state index in [1.807, 2.05) is 12.1 Å². The number of aromatic nitrogens is 1. The van der Waals surface area contributed by atoms with Crippen molar-refractivity contribution in [1.29, 1.82) is 0 Å². The van der Waals surface area contributed by atoms with Gasteiger partial charge in [0.15, 0.2) is 6.10 Å². The van der Waals surface area contributed by atoms with Crippen molar-refractivity contribution in [3.8, 4) is 5.75 Å². The van der Waals surface area contributed by atoms with Crippen molar-refractivity contribution < 1.29 is 14.3 Å². The third-order valence-corrected chi connectivity index (χ3v) is 3.31. The van der Waals surface area contributed by atoms with Gasteiger partial charge in [-0.1, -0.05) is 15.9 Å². The normalized spacial score (nSPS) is 11.5. The van der Waals surface area contributed by atoms with Crippen LogP contribution in [-0.4, -0.2) is 22.9 Å². The second-order valence-electron chi connectivity index (χ2n) is 4.50.